The molecule has 1 atom stereocenters. The molecule has 1 saturated heterocycles. The van der Waals surface area contributed by atoms with Gasteiger partial charge in [0.15, 0.2) is 0 Å². The molecule has 102 valence electrons. The van der Waals surface area contributed by atoms with Crippen LogP contribution in [0.1, 0.15) is 20.8 Å². The summed E-state index contributed by atoms with van der Waals surface area (Å²) in [6.45, 7) is 10.3. The van der Waals surface area contributed by atoms with Gasteiger partial charge < -0.3 is 43.7 Å². The summed E-state index contributed by atoms with van der Waals surface area (Å²) in [7, 11) is 0. The highest BCUT2D eigenvalue weighted by molar-refractivity contribution is 5.59. The first kappa shape index (κ1) is 16.9. The first-order valence-corrected chi connectivity index (χ1v) is 5.97. The van der Waals surface area contributed by atoms with Crippen LogP contribution in [0, 0.1) is 5.92 Å². The molecule has 0 bridgehead atoms. The Bertz CT molecular complexity index is 221. The molecule has 1 fully saturated rings. The molecule has 1 unspecified atom stereocenters. The van der Waals surface area contributed by atoms with Crippen LogP contribution in [-0.2, 0) is 9.47 Å². The minimum Gasteiger partial charge on any atom is -1.00 e. The van der Waals surface area contributed by atoms with E-state index in [4.69, 9.17) is 9.47 Å². The molecular formula is C11H23IN2O3. The maximum Gasteiger partial charge on any atom is 0.512 e. The first-order chi connectivity index (χ1) is 7.59. The number of halogens is 1. The summed E-state index contributed by atoms with van der Waals surface area (Å²) in [5.41, 5.74) is 0. The van der Waals surface area contributed by atoms with E-state index in [-0.39, 0.29) is 30.1 Å². The smallest absolute Gasteiger partial charge is 0.512 e. The molecular weight excluding hydrogens is 335 g/mol. The molecule has 0 spiro atoms. The monoisotopic (exact) mass is 358 g/mol. The number of carbonyl (C=O) groups excluding carboxylic acids is 1. The average molecular weight is 358 g/mol. The molecule has 0 aliphatic carbocycles. The van der Waals surface area contributed by atoms with E-state index in [1.165, 1.54) is 4.90 Å². The number of ether oxygens (including phenoxy) is 2. The normalized spacial score (nSPS) is 18.4. The van der Waals surface area contributed by atoms with Gasteiger partial charge in [-0.3, -0.25) is 0 Å². The Labute approximate surface area is 120 Å². The number of piperazine rings is 1. The highest BCUT2D eigenvalue weighted by atomic mass is 127. The van der Waals surface area contributed by atoms with Crippen molar-refractivity contribution in [1.82, 2.24) is 5.32 Å². The Balaban J connectivity index is 0.00000256. The Morgan fingerprint density at radius 1 is 1.29 bits per heavy atom. The molecule has 1 heterocycles. The maximum absolute atomic E-state index is 11.3. The van der Waals surface area contributed by atoms with Crippen LogP contribution in [0.5, 0.6) is 0 Å². The Morgan fingerprint density at radius 2 is 1.88 bits per heavy atom. The fourth-order valence-corrected chi connectivity index (χ4v) is 1.41. The second kappa shape index (κ2) is 8.93. The summed E-state index contributed by atoms with van der Waals surface area (Å²) in [6.07, 6.45) is -0.641. The Hall–Kier alpha value is -0.0800. The molecule has 17 heavy (non-hydrogen) atoms. The van der Waals surface area contributed by atoms with E-state index < -0.39 is 6.16 Å². The maximum atomic E-state index is 11.3. The quantitative estimate of drug-likeness (QED) is 0.407. The van der Waals surface area contributed by atoms with E-state index in [1.807, 2.05) is 20.8 Å². The van der Waals surface area contributed by atoms with E-state index in [1.54, 1.807) is 0 Å². The number of carbonyl (C=O) groups is 1. The lowest BCUT2D eigenvalue weighted by molar-refractivity contribution is -0.919. The van der Waals surface area contributed by atoms with Gasteiger partial charge in [-0.05, 0) is 12.8 Å². The third-order valence-corrected chi connectivity index (χ3v) is 2.93. The molecule has 1 aliphatic heterocycles. The van der Waals surface area contributed by atoms with Gasteiger partial charge in [-0.15, -0.1) is 0 Å². The van der Waals surface area contributed by atoms with Crippen LogP contribution >= 0.6 is 0 Å². The zero-order valence-electron chi connectivity index (χ0n) is 10.8. The van der Waals surface area contributed by atoms with E-state index >= 15 is 0 Å². The number of quaternary nitrogens is 1. The molecule has 6 heteroatoms. The lowest BCUT2D eigenvalue weighted by Gasteiger charge is -2.24. The molecule has 1 rings (SSSR count). The third-order valence-electron chi connectivity index (χ3n) is 2.93. The van der Waals surface area contributed by atoms with Crippen molar-refractivity contribution in [3.05, 3.63) is 0 Å². The molecule has 2 N–H and O–H groups in total. The second-order valence-corrected chi connectivity index (χ2v) is 4.61. The van der Waals surface area contributed by atoms with Crippen molar-refractivity contribution in [1.29, 1.82) is 0 Å². The van der Waals surface area contributed by atoms with Crippen LogP contribution in [0.3, 0.4) is 0 Å². The van der Waals surface area contributed by atoms with E-state index in [2.05, 4.69) is 5.32 Å². The zero-order chi connectivity index (χ0) is 12.0. The molecule has 0 amide bonds. The number of hydrogen-bond acceptors (Lipinski definition) is 4. The van der Waals surface area contributed by atoms with Crippen LogP contribution < -0.4 is 34.2 Å². The van der Waals surface area contributed by atoms with E-state index in [0.717, 1.165) is 26.2 Å². The van der Waals surface area contributed by atoms with Crippen molar-refractivity contribution in [3.8, 4) is 0 Å². The summed E-state index contributed by atoms with van der Waals surface area (Å²) in [5, 5.41) is 3.26. The molecule has 0 aromatic rings. The lowest BCUT2D eigenvalue weighted by Crippen LogP contribution is -3.15. The van der Waals surface area contributed by atoms with Gasteiger partial charge in [0.25, 0.3) is 0 Å². The van der Waals surface area contributed by atoms with Crippen LogP contribution in [0.2, 0.25) is 0 Å². The third kappa shape index (κ3) is 7.05. The van der Waals surface area contributed by atoms with Crippen molar-refractivity contribution in [2.24, 2.45) is 5.92 Å². The number of rotatable bonds is 4. The largest absolute Gasteiger partial charge is 1.00 e. The van der Waals surface area contributed by atoms with Gasteiger partial charge in [-0.25, -0.2) is 4.79 Å². The zero-order valence-corrected chi connectivity index (χ0v) is 13.0. The molecule has 5 nitrogen and oxygen atoms in total. The minimum absolute atomic E-state index is 0. The van der Waals surface area contributed by atoms with Crippen molar-refractivity contribution in [3.63, 3.8) is 0 Å². The molecule has 0 aromatic carbocycles. The lowest BCUT2D eigenvalue weighted by atomic mass is 10.1. The summed E-state index contributed by atoms with van der Waals surface area (Å²) in [5.74, 6) is 0.319. The van der Waals surface area contributed by atoms with Gasteiger partial charge in [0.1, 0.15) is 6.10 Å². The van der Waals surface area contributed by atoms with Gasteiger partial charge in [-0.1, -0.05) is 13.8 Å². The molecule has 1 aliphatic rings. The standard InChI is InChI=1S/C11H22N2O3.HI/c1-9(2)10(3)16-11(14)15-8-13-6-4-12-5-7-13;/h9-10,12H,4-8H2,1-3H3;1H. The van der Waals surface area contributed by atoms with Crippen LogP contribution in [0.4, 0.5) is 4.79 Å². The number of hydrogen-bond donors (Lipinski definition) is 2. The summed E-state index contributed by atoms with van der Waals surface area (Å²) in [4.78, 5) is 12.6. The summed E-state index contributed by atoms with van der Waals surface area (Å²) in [6, 6.07) is 0. The fourth-order valence-electron chi connectivity index (χ4n) is 1.41. The fraction of sp³-hybridized carbons (Fsp3) is 0.909. The molecule has 0 radical (unpaired) electrons. The minimum atomic E-state index is -0.549. The summed E-state index contributed by atoms with van der Waals surface area (Å²) < 4.78 is 10.2. The van der Waals surface area contributed by atoms with Gasteiger partial charge in [-0.2, -0.15) is 0 Å². The van der Waals surface area contributed by atoms with Crippen LogP contribution in [0.15, 0.2) is 0 Å². The Kier molecular flexibility index (Phi) is 8.89. The van der Waals surface area contributed by atoms with E-state index in [9.17, 15) is 4.79 Å². The first-order valence-electron chi connectivity index (χ1n) is 5.97. The average Bonchev–Trinajstić information content (AvgIpc) is 2.27. The van der Waals surface area contributed by atoms with Gasteiger partial charge in [0.05, 0.1) is 13.1 Å². The topological polar surface area (TPSA) is 52.0 Å². The van der Waals surface area contributed by atoms with Crippen LogP contribution in [-0.4, -0.2) is 45.2 Å². The molecule has 0 saturated carbocycles. The predicted molar refractivity (Wildman–Crippen MR) is 60.3 cm³/mol. The van der Waals surface area contributed by atoms with Gasteiger partial charge in [0, 0.05) is 13.1 Å². The Morgan fingerprint density at radius 3 is 2.41 bits per heavy atom. The second-order valence-electron chi connectivity index (χ2n) is 4.61. The van der Waals surface area contributed by atoms with Crippen LogP contribution in [0.25, 0.3) is 0 Å². The van der Waals surface area contributed by atoms with Crippen molar-refractivity contribution in [2.75, 3.05) is 32.9 Å². The summed E-state index contributed by atoms with van der Waals surface area (Å²) >= 11 is 0. The predicted octanol–water partition coefficient (Wildman–Crippen LogP) is -3.37. The highest BCUT2D eigenvalue weighted by Crippen LogP contribution is 2.05. The SMILES string of the molecule is CC(C)C(C)OC(=O)OC[NH+]1CCNCC1.[I-]. The van der Waals surface area contributed by atoms with Crippen molar-refractivity contribution < 1.29 is 43.1 Å². The number of nitrogens with one attached hydrogen (secondary N) is 2. The van der Waals surface area contributed by atoms with Gasteiger partial charge in [0.2, 0.25) is 6.73 Å². The molecule has 0 aromatic heterocycles. The van der Waals surface area contributed by atoms with Crippen molar-refractivity contribution in [2.45, 2.75) is 26.9 Å². The highest BCUT2D eigenvalue weighted by Gasteiger charge is 2.18. The van der Waals surface area contributed by atoms with Crippen molar-refractivity contribution >= 4 is 6.16 Å². The van der Waals surface area contributed by atoms with Gasteiger partial charge >= 0.3 is 6.16 Å². The van der Waals surface area contributed by atoms with E-state index in [0.29, 0.717) is 12.6 Å².